The molecule has 1 aliphatic rings. The van der Waals surface area contributed by atoms with E-state index in [0.717, 1.165) is 24.3 Å². The fraction of sp³-hybridized carbons (Fsp3) is 0.533. The first-order chi connectivity index (χ1) is 8.98. The minimum atomic E-state index is -0.759. The Bertz CT molecular complexity index is 465. The Morgan fingerprint density at radius 1 is 1.42 bits per heavy atom. The number of unbranched alkanes of at least 4 members (excludes halogenated alkanes) is 1. The molecule has 0 atom stereocenters. The predicted molar refractivity (Wildman–Crippen MR) is 71.8 cm³/mol. The predicted octanol–water partition coefficient (Wildman–Crippen LogP) is 3.03. The molecule has 0 unspecified atom stereocenters. The number of hydrogen-bond acceptors (Lipinski definition) is 3. The summed E-state index contributed by atoms with van der Waals surface area (Å²) in [7, 11) is 0. The van der Waals surface area contributed by atoms with Gasteiger partial charge in [0.2, 0.25) is 0 Å². The lowest BCUT2D eigenvalue weighted by Crippen LogP contribution is -2.24. The highest BCUT2D eigenvalue weighted by Crippen LogP contribution is 2.41. The largest absolute Gasteiger partial charge is 0.490 e. The molecule has 0 aliphatic carbocycles. The Labute approximate surface area is 113 Å². The van der Waals surface area contributed by atoms with Crippen molar-refractivity contribution >= 4 is 5.97 Å². The van der Waals surface area contributed by atoms with Gasteiger partial charge in [0.15, 0.2) is 11.5 Å². The zero-order valence-corrected chi connectivity index (χ0v) is 11.4. The molecule has 0 bridgehead atoms. The van der Waals surface area contributed by atoms with Crippen molar-refractivity contribution in [2.75, 3.05) is 6.61 Å². The maximum absolute atomic E-state index is 10.4. The first-order valence-corrected chi connectivity index (χ1v) is 6.63. The van der Waals surface area contributed by atoms with Crippen molar-refractivity contribution < 1.29 is 19.4 Å². The summed E-state index contributed by atoms with van der Waals surface area (Å²) in [5, 5.41) is 8.55. The van der Waals surface area contributed by atoms with Gasteiger partial charge in [-0.15, -0.1) is 0 Å². The number of fused-ring (bicyclic) bond motifs is 1. The summed E-state index contributed by atoms with van der Waals surface area (Å²) in [4.78, 5) is 10.4. The van der Waals surface area contributed by atoms with E-state index in [1.165, 1.54) is 5.56 Å². The molecule has 104 valence electrons. The van der Waals surface area contributed by atoms with Crippen LogP contribution in [0.25, 0.3) is 0 Å². The van der Waals surface area contributed by atoms with Crippen molar-refractivity contribution in [3.8, 4) is 11.5 Å². The fourth-order valence-electron chi connectivity index (χ4n) is 2.26. The second-order valence-corrected chi connectivity index (χ2v) is 5.48. The third-order valence-corrected chi connectivity index (χ3v) is 3.10. The molecule has 2 rings (SSSR count). The number of aliphatic carboxylic acids is 1. The quantitative estimate of drug-likeness (QED) is 0.802. The van der Waals surface area contributed by atoms with Gasteiger partial charge >= 0.3 is 5.97 Å². The molecule has 1 heterocycles. The maximum Gasteiger partial charge on any atom is 0.303 e. The topological polar surface area (TPSA) is 55.8 Å². The van der Waals surface area contributed by atoms with Gasteiger partial charge < -0.3 is 14.6 Å². The van der Waals surface area contributed by atoms with E-state index in [2.05, 4.69) is 19.9 Å². The highest BCUT2D eigenvalue weighted by atomic mass is 16.5. The third kappa shape index (κ3) is 3.63. The van der Waals surface area contributed by atoms with E-state index < -0.39 is 5.97 Å². The van der Waals surface area contributed by atoms with Crippen LogP contribution < -0.4 is 9.47 Å². The van der Waals surface area contributed by atoms with Crippen LogP contribution in [0.4, 0.5) is 0 Å². The normalized spacial score (nSPS) is 15.7. The average Bonchev–Trinajstić information content (AvgIpc) is 2.63. The molecule has 1 aliphatic heterocycles. The number of ether oxygens (including phenoxy) is 2. The summed E-state index contributed by atoms with van der Waals surface area (Å²) in [5.41, 5.74) is 0.999. The van der Waals surface area contributed by atoms with Crippen LogP contribution in [0, 0.1) is 0 Å². The Hall–Kier alpha value is -1.71. The van der Waals surface area contributed by atoms with Crippen molar-refractivity contribution in [2.24, 2.45) is 0 Å². The van der Waals surface area contributed by atoms with E-state index in [9.17, 15) is 4.79 Å². The molecule has 0 radical (unpaired) electrons. The van der Waals surface area contributed by atoms with Gasteiger partial charge in [0.05, 0.1) is 6.61 Å². The number of hydrogen-bond donors (Lipinski definition) is 1. The molecule has 0 spiro atoms. The molecule has 4 nitrogen and oxygen atoms in total. The van der Waals surface area contributed by atoms with Crippen LogP contribution in [-0.2, 0) is 11.2 Å². The van der Waals surface area contributed by atoms with E-state index >= 15 is 0 Å². The number of carboxylic acids is 1. The summed E-state index contributed by atoms with van der Waals surface area (Å²) >= 11 is 0. The Kier molecular flexibility index (Phi) is 3.98. The molecule has 1 N–H and O–H groups in total. The van der Waals surface area contributed by atoms with Crippen LogP contribution >= 0.6 is 0 Å². The summed E-state index contributed by atoms with van der Waals surface area (Å²) in [6, 6.07) is 5.93. The van der Waals surface area contributed by atoms with Gasteiger partial charge in [-0.3, -0.25) is 4.79 Å². The second kappa shape index (κ2) is 5.51. The average molecular weight is 264 g/mol. The van der Waals surface area contributed by atoms with Crippen molar-refractivity contribution in [2.45, 2.75) is 45.1 Å². The van der Waals surface area contributed by atoms with E-state index in [1.807, 2.05) is 12.1 Å². The Morgan fingerprint density at radius 3 is 2.95 bits per heavy atom. The lowest BCUT2D eigenvalue weighted by Gasteiger charge is -2.18. The van der Waals surface area contributed by atoms with Crippen molar-refractivity contribution in [1.82, 2.24) is 0 Å². The standard InChI is InChI=1S/C15H20O4/c1-15(2)10-11-6-5-7-12(14(11)19-15)18-9-4-3-8-13(16)17/h5-7H,3-4,8-10H2,1-2H3,(H,16,17). The lowest BCUT2D eigenvalue weighted by atomic mass is 10.0. The van der Waals surface area contributed by atoms with Crippen molar-refractivity contribution in [3.05, 3.63) is 23.8 Å². The number of para-hydroxylation sites is 1. The van der Waals surface area contributed by atoms with Gasteiger partial charge in [-0.25, -0.2) is 0 Å². The van der Waals surface area contributed by atoms with Gasteiger partial charge in [0.1, 0.15) is 5.60 Å². The third-order valence-electron chi connectivity index (χ3n) is 3.10. The summed E-state index contributed by atoms with van der Waals surface area (Å²) in [6.07, 6.45) is 2.45. The van der Waals surface area contributed by atoms with Crippen LogP contribution in [0.1, 0.15) is 38.7 Å². The first kappa shape index (κ1) is 13.7. The zero-order chi connectivity index (χ0) is 13.9. The molecule has 0 aromatic heterocycles. The van der Waals surface area contributed by atoms with E-state index in [-0.39, 0.29) is 12.0 Å². The second-order valence-electron chi connectivity index (χ2n) is 5.48. The van der Waals surface area contributed by atoms with Crippen LogP contribution in [0.2, 0.25) is 0 Å². The highest BCUT2D eigenvalue weighted by molar-refractivity contribution is 5.66. The minimum absolute atomic E-state index is 0.175. The molecular weight excluding hydrogens is 244 g/mol. The number of carboxylic acid groups (broad SMARTS) is 1. The molecule has 19 heavy (non-hydrogen) atoms. The van der Waals surface area contributed by atoms with Crippen LogP contribution in [-0.4, -0.2) is 23.3 Å². The van der Waals surface area contributed by atoms with E-state index in [1.54, 1.807) is 0 Å². The summed E-state index contributed by atoms with van der Waals surface area (Å²) in [6.45, 7) is 4.64. The fourth-order valence-corrected chi connectivity index (χ4v) is 2.26. The molecule has 0 saturated heterocycles. The van der Waals surface area contributed by atoms with Crippen molar-refractivity contribution in [3.63, 3.8) is 0 Å². The van der Waals surface area contributed by atoms with Crippen LogP contribution in [0.5, 0.6) is 11.5 Å². The highest BCUT2D eigenvalue weighted by Gasteiger charge is 2.32. The summed E-state index contributed by atoms with van der Waals surface area (Å²) < 4.78 is 11.6. The molecule has 1 aromatic carbocycles. The zero-order valence-electron chi connectivity index (χ0n) is 11.4. The first-order valence-electron chi connectivity index (χ1n) is 6.63. The lowest BCUT2D eigenvalue weighted by molar-refractivity contribution is -0.137. The molecule has 0 amide bonds. The Balaban J connectivity index is 1.89. The number of benzene rings is 1. The monoisotopic (exact) mass is 264 g/mol. The van der Waals surface area contributed by atoms with Gasteiger partial charge in [0.25, 0.3) is 0 Å². The van der Waals surface area contributed by atoms with E-state index in [4.69, 9.17) is 14.6 Å². The summed E-state index contributed by atoms with van der Waals surface area (Å²) in [5.74, 6) is 0.842. The molecule has 0 saturated carbocycles. The van der Waals surface area contributed by atoms with Crippen LogP contribution in [0.15, 0.2) is 18.2 Å². The van der Waals surface area contributed by atoms with E-state index in [0.29, 0.717) is 13.0 Å². The Morgan fingerprint density at radius 2 is 2.21 bits per heavy atom. The smallest absolute Gasteiger partial charge is 0.303 e. The van der Waals surface area contributed by atoms with Gasteiger partial charge in [0, 0.05) is 18.4 Å². The number of rotatable bonds is 6. The SMILES string of the molecule is CC1(C)Cc2cccc(OCCCCC(=O)O)c2O1. The van der Waals surface area contributed by atoms with Gasteiger partial charge in [-0.2, -0.15) is 0 Å². The van der Waals surface area contributed by atoms with Crippen LogP contribution in [0.3, 0.4) is 0 Å². The maximum atomic E-state index is 10.4. The number of carbonyl (C=O) groups is 1. The molecular formula is C15H20O4. The molecule has 4 heteroatoms. The van der Waals surface area contributed by atoms with Gasteiger partial charge in [-0.05, 0) is 32.8 Å². The minimum Gasteiger partial charge on any atom is -0.490 e. The molecule has 1 aromatic rings. The molecule has 0 fully saturated rings. The van der Waals surface area contributed by atoms with Crippen molar-refractivity contribution in [1.29, 1.82) is 0 Å². The van der Waals surface area contributed by atoms with Gasteiger partial charge in [-0.1, -0.05) is 12.1 Å².